The molecule has 0 radical (unpaired) electrons. The van der Waals surface area contributed by atoms with E-state index in [4.69, 9.17) is 0 Å². The summed E-state index contributed by atoms with van der Waals surface area (Å²) in [5.41, 5.74) is 0. The zero-order chi connectivity index (χ0) is 11.9. The minimum Gasteiger partial charge on any atom is -0.461 e. The predicted octanol–water partition coefficient (Wildman–Crippen LogP) is 2.20. The average molecular weight is 232 g/mol. The smallest absolute Gasteiger partial charge is 0.361 e. The van der Waals surface area contributed by atoms with Gasteiger partial charge in [-0.25, -0.2) is 8.78 Å². The molecular formula is C8H12F4O3. The third-order valence-corrected chi connectivity index (χ3v) is 1.34. The lowest BCUT2D eigenvalue weighted by Gasteiger charge is -2.22. The molecular weight excluding hydrogens is 220 g/mol. The molecule has 15 heavy (non-hydrogen) atoms. The van der Waals surface area contributed by atoms with E-state index in [1.807, 2.05) is 0 Å². The maximum atomic E-state index is 12.7. The Morgan fingerprint density at radius 3 is 2.33 bits per heavy atom. The maximum absolute atomic E-state index is 12.7. The third-order valence-electron chi connectivity index (χ3n) is 1.34. The van der Waals surface area contributed by atoms with Crippen LogP contribution < -0.4 is 0 Å². The molecule has 0 unspecified atom stereocenters. The van der Waals surface area contributed by atoms with E-state index in [0.717, 1.165) is 0 Å². The van der Waals surface area contributed by atoms with E-state index in [-0.39, 0.29) is 13.1 Å². The van der Waals surface area contributed by atoms with Crippen molar-refractivity contribution in [1.82, 2.24) is 0 Å². The first kappa shape index (κ1) is 14.2. The van der Waals surface area contributed by atoms with Crippen molar-refractivity contribution in [1.29, 1.82) is 0 Å². The first-order valence-corrected chi connectivity index (χ1v) is 4.28. The fourth-order valence-corrected chi connectivity index (χ4v) is 0.810. The average Bonchev–Trinajstić information content (AvgIpc) is 2.10. The van der Waals surface area contributed by atoms with Gasteiger partial charge in [-0.2, -0.15) is 8.78 Å². The summed E-state index contributed by atoms with van der Waals surface area (Å²) >= 11 is 0. The highest BCUT2D eigenvalue weighted by molar-refractivity contribution is 5.37. The molecule has 0 heterocycles. The van der Waals surface area contributed by atoms with Crippen molar-refractivity contribution in [2.24, 2.45) is 0 Å². The first-order valence-electron chi connectivity index (χ1n) is 4.28. The highest BCUT2D eigenvalue weighted by Gasteiger charge is 2.44. The lowest BCUT2D eigenvalue weighted by atomic mass is 10.2. The van der Waals surface area contributed by atoms with Crippen LogP contribution in [-0.4, -0.2) is 31.7 Å². The van der Waals surface area contributed by atoms with E-state index in [0.29, 0.717) is 6.42 Å². The van der Waals surface area contributed by atoms with Gasteiger partial charge in [-0.3, -0.25) is 4.79 Å². The Morgan fingerprint density at radius 1 is 1.27 bits per heavy atom. The number of ether oxygens (including phenoxy) is 2. The summed E-state index contributed by atoms with van der Waals surface area (Å²) in [4.78, 5) is 9.61. The van der Waals surface area contributed by atoms with Crippen molar-refractivity contribution in [3.05, 3.63) is 0 Å². The van der Waals surface area contributed by atoms with E-state index in [9.17, 15) is 22.4 Å². The molecule has 0 atom stereocenters. The number of hydrogen-bond donors (Lipinski definition) is 0. The van der Waals surface area contributed by atoms with Crippen LogP contribution >= 0.6 is 0 Å². The van der Waals surface area contributed by atoms with Gasteiger partial charge in [0.15, 0.2) is 6.61 Å². The van der Waals surface area contributed by atoms with Gasteiger partial charge in [-0.1, -0.05) is 6.92 Å². The summed E-state index contributed by atoms with van der Waals surface area (Å²) in [6.45, 7) is -0.331. The Morgan fingerprint density at radius 2 is 1.87 bits per heavy atom. The Labute approximate surface area is 84.3 Å². The summed E-state index contributed by atoms with van der Waals surface area (Å²) in [6.07, 6.45) is -5.41. The van der Waals surface area contributed by atoms with Crippen molar-refractivity contribution < 1.29 is 31.8 Å². The van der Waals surface area contributed by atoms with Gasteiger partial charge >= 0.3 is 6.11 Å². The fourth-order valence-electron chi connectivity index (χ4n) is 0.810. The summed E-state index contributed by atoms with van der Waals surface area (Å²) < 4.78 is 58.4. The van der Waals surface area contributed by atoms with Crippen LogP contribution in [0.1, 0.15) is 19.8 Å². The van der Waals surface area contributed by atoms with Crippen LogP contribution in [0.2, 0.25) is 0 Å². The molecule has 0 bridgehead atoms. The van der Waals surface area contributed by atoms with Crippen molar-refractivity contribution in [3.8, 4) is 0 Å². The van der Waals surface area contributed by atoms with Crippen LogP contribution in [-0.2, 0) is 14.3 Å². The second-order valence-electron chi connectivity index (χ2n) is 2.93. The van der Waals surface area contributed by atoms with Crippen LogP contribution in [0.4, 0.5) is 17.6 Å². The molecule has 0 saturated carbocycles. The van der Waals surface area contributed by atoms with Crippen molar-refractivity contribution in [2.45, 2.75) is 31.8 Å². The Balaban J connectivity index is 4.09. The van der Waals surface area contributed by atoms with Gasteiger partial charge in [0.2, 0.25) is 0 Å². The molecule has 0 amide bonds. The van der Waals surface area contributed by atoms with E-state index < -0.39 is 25.1 Å². The minimum atomic E-state index is -3.91. The lowest BCUT2D eigenvalue weighted by molar-refractivity contribution is -0.274. The molecule has 0 aliphatic rings. The van der Waals surface area contributed by atoms with E-state index in [1.54, 1.807) is 6.92 Å². The summed E-state index contributed by atoms with van der Waals surface area (Å²) in [5.74, 6) is -3.79. The zero-order valence-electron chi connectivity index (χ0n) is 8.14. The number of halogens is 4. The predicted molar refractivity (Wildman–Crippen MR) is 42.8 cm³/mol. The number of rotatable bonds is 8. The quantitative estimate of drug-likeness (QED) is 0.475. The number of carbonyl (C=O) groups is 1. The number of carbonyl (C=O) groups excluding carboxylic acids is 1. The largest absolute Gasteiger partial charge is 0.461 e. The van der Waals surface area contributed by atoms with Gasteiger partial charge in [-0.05, 0) is 6.42 Å². The molecule has 7 heteroatoms. The first-order chi connectivity index (χ1) is 6.83. The van der Waals surface area contributed by atoms with Crippen molar-refractivity contribution in [3.63, 3.8) is 0 Å². The number of alkyl halides is 4. The second-order valence-corrected chi connectivity index (χ2v) is 2.93. The van der Waals surface area contributed by atoms with Crippen molar-refractivity contribution in [2.75, 3.05) is 13.2 Å². The third kappa shape index (κ3) is 7.12. The monoisotopic (exact) mass is 232 g/mol. The van der Waals surface area contributed by atoms with Gasteiger partial charge in [-0.15, -0.1) is 0 Å². The van der Waals surface area contributed by atoms with Crippen LogP contribution in [0.15, 0.2) is 0 Å². The second kappa shape index (κ2) is 5.89. The van der Waals surface area contributed by atoms with Gasteiger partial charge < -0.3 is 9.47 Å². The Kier molecular flexibility index (Phi) is 5.56. The van der Waals surface area contributed by atoms with E-state index in [2.05, 4.69) is 9.47 Å². The summed E-state index contributed by atoms with van der Waals surface area (Å²) in [6, 6.07) is 0. The molecule has 0 spiro atoms. The molecule has 0 aromatic heterocycles. The Bertz CT molecular complexity index is 196. The maximum Gasteiger partial charge on any atom is 0.361 e. The molecule has 0 N–H and O–H groups in total. The highest BCUT2D eigenvalue weighted by Crippen LogP contribution is 2.31. The molecule has 0 aromatic rings. The molecule has 0 saturated heterocycles. The van der Waals surface area contributed by atoms with Crippen LogP contribution in [0.5, 0.6) is 0 Å². The van der Waals surface area contributed by atoms with Crippen molar-refractivity contribution >= 4 is 6.47 Å². The van der Waals surface area contributed by atoms with Crippen LogP contribution in [0.3, 0.4) is 0 Å². The zero-order valence-corrected chi connectivity index (χ0v) is 8.14. The standard InChI is InChI=1S/C8H12F4O3/c1-2-3-15-8(11,12)4-7(9,10)5-14-6-13/h6H,2-5H2,1H3. The normalized spacial score (nSPS) is 12.6. The van der Waals surface area contributed by atoms with Gasteiger partial charge in [0.05, 0.1) is 6.61 Å². The van der Waals surface area contributed by atoms with Crippen LogP contribution in [0.25, 0.3) is 0 Å². The van der Waals surface area contributed by atoms with Crippen LogP contribution in [0, 0.1) is 0 Å². The molecule has 0 rings (SSSR count). The molecule has 0 aliphatic carbocycles. The number of hydrogen-bond acceptors (Lipinski definition) is 3. The summed E-state index contributed by atoms with van der Waals surface area (Å²) in [7, 11) is 0. The van der Waals surface area contributed by atoms with E-state index >= 15 is 0 Å². The van der Waals surface area contributed by atoms with E-state index in [1.165, 1.54) is 0 Å². The molecule has 0 aromatic carbocycles. The topological polar surface area (TPSA) is 35.5 Å². The molecule has 3 nitrogen and oxygen atoms in total. The minimum absolute atomic E-state index is 0.223. The highest BCUT2D eigenvalue weighted by atomic mass is 19.3. The summed E-state index contributed by atoms with van der Waals surface area (Å²) in [5, 5.41) is 0. The lowest BCUT2D eigenvalue weighted by Crippen LogP contribution is -2.35. The molecule has 0 aliphatic heterocycles. The Hall–Kier alpha value is -0.850. The van der Waals surface area contributed by atoms with Gasteiger partial charge in [0.1, 0.15) is 6.42 Å². The van der Waals surface area contributed by atoms with Gasteiger partial charge in [0, 0.05) is 0 Å². The molecule has 0 fully saturated rings. The SMILES string of the molecule is CCCOC(F)(F)CC(F)(F)COC=O. The fraction of sp³-hybridized carbons (Fsp3) is 0.875. The molecule has 90 valence electrons. The van der Waals surface area contributed by atoms with Gasteiger partial charge in [0.25, 0.3) is 12.4 Å².